The molecule has 0 aliphatic carbocycles. The Morgan fingerprint density at radius 3 is 2.72 bits per heavy atom. The maximum Gasteiger partial charge on any atom is 0.219 e. The normalized spacial score (nSPS) is 11.3. The molecular weight excluding hydrogens is 296 g/mol. The Morgan fingerprint density at radius 1 is 1.50 bits per heavy atom. The minimum Gasteiger partial charge on any atom is -0.497 e. The third-order valence-corrected chi connectivity index (χ3v) is 3.40. The molecule has 18 heavy (non-hydrogen) atoms. The van der Waals surface area contributed by atoms with Gasteiger partial charge in [0.05, 0.1) is 7.11 Å². The molecule has 0 spiro atoms. The van der Waals surface area contributed by atoms with E-state index >= 15 is 0 Å². The monoisotopic (exact) mass is 314 g/mol. The van der Waals surface area contributed by atoms with Crippen molar-refractivity contribution in [3.8, 4) is 5.75 Å². The van der Waals surface area contributed by atoms with Gasteiger partial charge in [0.1, 0.15) is 5.75 Å². The number of carbonyl (C=O) groups excluding carboxylic acids is 1. The molecule has 4 nitrogen and oxygen atoms in total. The van der Waals surface area contributed by atoms with Gasteiger partial charge in [-0.1, -0.05) is 15.9 Å². The Labute approximate surface area is 116 Å². The van der Waals surface area contributed by atoms with E-state index in [2.05, 4.69) is 21.2 Å². The zero-order chi connectivity index (χ0) is 13.8. The van der Waals surface area contributed by atoms with Crippen LogP contribution in [0.1, 0.15) is 25.8 Å². The van der Waals surface area contributed by atoms with Crippen LogP contribution in [-0.2, 0) is 11.3 Å². The van der Waals surface area contributed by atoms with Crippen molar-refractivity contribution in [3.05, 3.63) is 28.2 Å². The first-order valence-electron chi connectivity index (χ1n) is 5.70. The first-order valence-corrected chi connectivity index (χ1v) is 6.49. The minimum absolute atomic E-state index is 0.300. The second-order valence-electron chi connectivity index (χ2n) is 4.84. The summed E-state index contributed by atoms with van der Waals surface area (Å²) in [5.41, 5.74) is 5.97. The topological polar surface area (TPSA) is 64.3 Å². The van der Waals surface area contributed by atoms with Crippen molar-refractivity contribution in [2.75, 3.05) is 7.11 Å². The molecule has 0 saturated carbocycles. The van der Waals surface area contributed by atoms with Gasteiger partial charge in [-0.3, -0.25) is 4.79 Å². The third kappa shape index (κ3) is 4.66. The zero-order valence-electron chi connectivity index (χ0n) is 10.9. The summed E-state index contributed by atoms with van der Waals surface area (Å²) in [5.74, 6) is 0.500. The highest BCUT2D eigenvalue weighted by atomic mass is 79.9. The molecule has 0 aromatic heterocycles. The third-order valence-electron chi connectivity index (χ3n) is 2.63. The SMILES string of the molecule is COc1ccc(Br)c(CNC(C)(C)CC(N)=O)c1. The summed E-state index contributed by atoms with van der Waals surface area (Å²) in [5, 5.41) is 3.31. The van der Waals surface area contributed by atoms with Crippen molar-refractivity contribution in [2.45, 2.75) is 32.4 Å². The Kier molecular flexibility index (Phi) is 5.16. The van der Waals surface area contributed by atoms with Crippen LogP contribution in [0.15, 0.2) is 22.7 Å². The number of ether oxygens (including phenoxy) is 1. The minimum atomic E-state index is -0.325. The highest BCUT2D eigenvalue weighted by Crippen LogP contribution is 2.23. The Hall–Kier alpha value is -1.07. The second kappa shape index (κ2) is 6.20. The number of carbonyl (C=O) groups is 1. The first kappa shape index (κ1) is 15.0. The van der Waals surface area contributed by atoms with E-state index in [0.717, 1.165) is 15.8 Å². The maximum atomic E-state index is 10.9. The van der Waals surface area contributed by atoms with Crippen LogP contribution in [0.25, 0.3) is 0 Å². The quantitative estimate of drug-likeness (QED) is 0.846. The molecule has 0 heterocycles. The van der Waals surface area contributed by atoms with Crippen LogP contribution in [0, 0.1) is 0 Å². The smallest absolute Gasteiger partial charge is 0.219 e. The lowest BCUT2D eigenvalue weighted by Gasteiger charge is -2.25. The fourth-order valence-corrected chi connectivity index (χ4v) is 2.03. The molecule has 1 aromatic carbocycles. The summed E-state index contributed by atoms with van der Waals surface area (Å²) < 4.78 is 6.19. The number of nitrogens with two attached hydrogens (primary N) is 1. The summed E-state index contributed by atoms with van der Waals surface area (Å²) in [6.07, 6.45) is 0.300. The van der Waals surface area contributed by atoms with Crippen molar-refractivity contribution in [1.82, 2.24) is 5.32 Å². The second-order valence-corrected chi connectivity index (χ2v) is 5.69. The van der Waals surface area contributed by atoms with E-state index in [9.17, 15) is 4.79 Å². The van der Waals surface area contributed by atoms with E-state index in [0.29, 0.717) is 13.0 Å². The van der Waals surface area contributed by atoms with E-state index in [1.54, 1.807) is 7.11 Å². The lowest BCUT2D eigenvalue weighted by Crippen LogP contribution is -2.42. The van der Waals surface area contributed by atoms with Crippen LogP contribution in [-0.4, -0.2) is 18.6 Å². The number of amides is 1. The average Bonchev–Trinajstić information content (AvgIpc) is 2.26. The van der Waals surface area contributed by atoms with Crippen LogP contribution in [0.3, 0.4) is 0 Å². The number of halogens is 1. The number of hydrogen-bond donors (Lipinski definition) is 2. The molecule has 3 N–H and O–H groups in total. The van der Waals surface area contributed by atoms with Crippen LogP contribution >= 0.6 is 15.9 Å². The number of hydrogen-bond acceptors (Lipinski definition) is 3. The molecule has 0 radical (unpaired) electrons. The summed E-state index contributed by atoms with van der Waals surface area (Å²) in [6.45, 7) is 4.54. The van der Waals surface area contributed by atoms with Gasteiger partial charge in [0.2, 0.25) is 5.91 Å². The summed E-state index contributed by atoms with van der Waals surface area (Å²) in [4.78, 5) is 10.9. The molecular formula is C13H19BrN2O2. The highest BCUT2D eigenvalue weighted by Gasteiger charge is 2.20. The van der Waals surface area contributed by atoms with Crippen LogP contribution < -0.4 is 15.8 Å². The van der Waals surface area contributed by atoms with Gasteiger partial charge in [0.25, 0.3) is 0 Å². The molecule has 0 fully saturated rings. The van der Waals surface area contributed by atoms with E-state index in [4.69, 9.17) is 10.5 Å². The van der Waals surface area contributed by atoms with Gasteiger partial charge in [-0.05, 0) is 37.6 Å². The molecule has 1 rings (SSSR count). The van der Waals surface area contributed by atoms with Crippen LogP contribution in [0.2, 0.25) is 0 Å². The van der Waals surface area contributed by atoms with Gasteiger partial charge in [0, 0.05) is 23.0 Å². The van der Waals surface area contributed by atoms with Gasteiger partial charge in [-0.15, -0.1) is 0 Å². The molecule has 0 aliphatic heterocycles. The van der Waals surface area contributed by atoms with Gasteiger partial charge in [-0.2, -0.15) is 0 Å². The van der Waals surface area contributed by atoms with Crippen molar-refractivity contribution < 1.29 is 9.53 Å². The Morgan fingerprint density at radius 2 is 2.17 bits per heavy atom. The summed E-state index contributed by atoms with van der Waals surface area (Å²) in [6, 6.07) is 5.79. The number of nitrogens with one attached hydrogen (secondary N) is 1. The summed E-state index contributed by atoms with van der Waals surface area (Å²) in [7, 11) is 1.64. The molecule has 0 bridgehead atoms. The van der Waals surface area contributed by atoms with E-state index in [1.807, 2.05) is 32.0 Å². The standard InChI is InChI=1S/C13H19BrN2O2/c1-13(2,7-12(15)17)16-8-9-6-10(18-3)4-5-11(9)14/h4-6,16H,7-8H2,1-3H3,(H2,15,17). The molecule has 0 unspecified atom stereocenters. The Balaban J connectivity index is 2.70. The molecule has 0 saturated heterocycles. The van der Waals surface area contributed by atoms with E-state index in [1.165, 1.54) is 0 Å². The molecule has 1 aromatic rings. The molecule has 100 valence electrons. The molecule has 1 amide bonds. The van der Waals surface area contributed by atoms with E-state index < -0.39 is 0 Å². The molecule has 0 aliphatic rings. The predicted molar refractivity (Wildman–Crippen MR) is 75.4 cm³/mol. The maximum absolute atomic E-state index is 10.9. The highest BCUT2D eigenvalue weighted by molar-refractivity contribution is 9.10. The number of primary amides is 1. The van der Waals surface area contributed by atoms with Crippen LogP contribution in [0.5, 0.6) is 5.75 Å². The number of benzene rings is 1. The van der Waals surface area contributed by atoms with Crippen molar-refractivity contribution in [3.63, 3.8) is 0 Å². The average molecular weight is 315 g/mol. The Bertz CT molecular complexity index is 433. The van der Waals surface area contributed by atoms with Crippen LogP contribution in [0.4, 0.5) is 0 Å². The van der Waals surface area contributed by atoms with Gasteiger partial charge < -0.3 is 15.8 Å². The largest absolute Gasteiger partial charge is 0.497 e. The van der Waals surface area contributed by atoms with Crippen molar-refractivity contribution in [2.24, 2.45) is 5.73 Å². The van der Waals surface area contributed by atoms with Crippen molar-refractivity contribution in [1.29, 1.82) is 0 Å². The first-order chi connectivity index (χ1) is 8.34. The molecule has 0 atom stereocenters. The fourth-order valence-electron chi connectivity index (χ4n) is 1.65. The number of methoxy groups -OCH3 is 1. The lowest BCUT2D eigenvalue weighted by atomic mass is 10.00. The predicted octanol–water partition coefficient (Wildman–Crippen LogP) is 2.20. The van der Waals surface area contributed by atoms with Gasteiger partial charge >= 0.3 is 0 Å². The molecule has 5 heteroatoms. The fraction of sp³-hybridized carbons (Fsp3) is 0.462. The zero-order valence-corrected chi connectivity index (χ0v) is 12.5. The van der Waals surface area contributed by atoms with Gasteiger partial charge in [-0.25, -0.2) is 0 Å². The van der Waals surface area contributed by atoms with Gasteiger partial charge in [0.15, 0.2) is 0 Å². The lowest BCUT2D eigenvalue weighted by molar-refractivity contribution is -0.119. The number of rotatable bonds is 6. The van der Waals surface area contributed by atoms with Crippen molar-refractivity contribution >= 4 is 21.8 Å². The van der Waals surface area contributed by atoms with E-state index in [-0.39, 0.29) is 11.4 Å². The summed E-state index contributed by atoms with van der Waals surface area (Å²) >= 11 is 3.49.